The predicted molar refractivity (Wildman–Crippen MR) is 53.2 cm³/mol. The highest BCUT2D eigenvalue weighted by Crippen LogP contribution is 2.25. The number of fused-ring (bicyclic) bond motifs is 1. The standard InChI is InChI=1S/C10H12N2O4/c1-16-10(15)7-3-2-4-8-11-6(9(13)14)5-12(7)8/h5,7H,2-4H2,1H3,(H,13,14). The average molecular weight is 224 g/mol. The first-order valence-corrected chi connectivity index (χ1v) is 5.02. The van der Waals surface area contributed by atoms with Crippen LogP contribution in [0.2, 0.25) is 0 Å². The molecule has 0 radical (unpaired) electrons. The van der Waals surface area contributed by atoms with E-state index in [0.717, 1.165) is 6.42 Å². The van der Waals surface area contributed by atoms with Crippen LogP contribution < -0.4 is 0 Å². The second kappa shape index (κ2) is 3.96. The number of carboxylic acids is 1. The van der Waals surface area contributed by atoms with E-state index in [2.05, 4.69) is 9.72 Å². The lowest BCUT2D eigenvalue weighted by Crippen LogP contribution is -2.25. The minimum Gasteiger partial charge on any atom is -0.476 e. The summed E-state index contributed by atoms with van der Waals surface area (Å²) in [4.78, 5) is 26.2. The molecule has 1 aliphatic heterocycles. The van der Waals surface area contributed by atoms with Crippen molar-refractivity contribution in [3.8, 4) is 0 Å². The fourth-order valence-corrected chi connectivity index (χ4v) is 1.95. The minimum absolute atomic E-state index is 0.0224. The van der Waals surface area contributed by atoms with E-state index in [0.29, 0.717) is 18.7 Å². The lowest BCUT2D eigenvalue weighted by Gasteiger charge is -2.22. The number of aromatic nitrogens is 2. The maximum absolute atomic E-state index is 11.5. The van der Waals surface area contributed by atoms with E-state index >= 15 is 0 Å². The third-order valence-electron chi connectivity index (χ3n) is 2.72. The molecule has 2 heterocycles. The first kappa shape index (κ1) is 10.7. The lowest BCUT2D eigenvalue weighted by molar-refractivity contribution is -0.145. The van der Waals surface area contributed by atoms with Gasteiger partial charge in [0.15, 0.2) is 5.69 Å². The van der Waals surface area contributed by atoms with Crippen molar-refractivity contribution >= 4 is 11.9 Å². The van der Waals surface area contributed by atoms with Crippen LogP contribution in [0.15, 0.2) is 6.20 Å². The Bertz CT molecular complexity index is 438. The highest BCUT2D eigenvalue weighted by Gasteiger charge is 2.28. The molecule has 6 heteroatoms. The number of hydrogen-bond acceptors (Lipinski definition) is 4. The maximum Gasteiger partial charge on any atom is 0.356 e. The molecule has 0 amide bonds. The molecule has 0 aliphatic carbocycles. The molecule has 1 aromatic rings. The van der Waals surface area contributed by atoms with Gasteiger partial charge in [-0.3, -0.25) is 0 Å². The zero-order valence-electron chi connectivity index (χ0n) is 8.84. The number of carbonyl (C=O) groups excluding carboxylic acids is 1. The summed E-state index contributed by atoms with van der Waals surface area (Å²) in [5, 5.41) is 8.82. The molecule has 16 heavy (non-hydrogen) atoms. The van der Waals surface area contributed by atoms with Crippen molar-refractivity contribution in [1.29, 1.82) is 0 Å². The summed E-state index contributed by atoms with van der Waals surface area (Å²) >= 11 is 0. The molecule has 1 atom stereocenters. The van der Waals surface area contributed by atoms with E-state index in [1.165, 1.54) is 13.3 Å². The summed E-state index contributed by atoms with van der Waals surface area (Å²) in [5.74, 6) is -0.792. The molecule has 1 unspecified atom stereocenters. The Labute approximate surface area is 91.8 Å². The van der Waals surface area contributed by atoms with Crippen LogP contribution in [0.3, 0.4) is 0 Å². The van der Waals surface area contributed by atoms with E-state index in [4.69, 9.17) is 5.11 Å². The van der Waals surface area contributed by atoms with Crippen molar-refractivity contribution < 1.29 is 19.4 Å². The molecular formula is C10H12N2O4. The van der Waals surface area contributed by atoms with Gasteiger partial charge in [0.2, 0.25) is 0 Å². The number of carbonyl (C=O) groups is 2. The number of hydrogen-bond donors (Lipinski definition) is 1. The third-order valence-corrected chi connectivity index (χ3v) is 2.72. The van der Waals surface area contributed by atoms with Crippen molar-refractivity contribution in [1.82, 2.24) is 9.55 Å². The monoisotopic (exact) mass is 224 g/mol. The number of rotatable bonds is 2. The minimum atomic E-state index is -1.08. The maximum atomic E-state index is 11.5. The van der Waals surface area contributed by atoms with Gasteiger partial charge in [0, 0.05) is 12.6 Å². The number of esters is 1. The number of ether oxygens (including phenoxy) is 1. The summed E-state index contributed by atoms with van der Waals surface area (Å²) in [5.41, 5.74) is -0.0224. The fraction of sp³-hybridized carbons (Fsp3) is 0.500. The molecule has 1 aliphatic rings. The fourth-order valence-electron chi connectivity index (χ4n) is 1.95. The van der Waals surface area contributed by atoms with E-state index < -0.39 is 12.0 Å². The third kappa shape index (κ3) is 1.66. The van der Waals surface area contributed by atoms with Crippen molar-refractivity contribution in [3.05, 3.63) is 17.7 Å². The highest BCUT2D eigenvalue weighted by molar-refractivity contribution is 5.85. The van der Waals surface area contributed by atoms with Gasteiger partial charge in [-0.25, -0.2) is 14.6 Å². The molecule has 0 saturated heterocycles. The summed E-state index contributed by atoms with van der Waals surface area (Å²) < 4.78 is 6.29. The molecule has 1 aromatic heterocycles. The Morgan fingerprint density at radius 3 is 3.00 bits per heavy atom. The largest absolute Gasteiger partial charge is 0.476 e. The molecule has 0 bridgehead atoms. The first-order valence-electron chi connectivity index (χ1n) is 5.02. The Morgan fingerprint density at radius 1 is 1.62 bits per heavy atom. The van der Waals surface area contributed by atoms with Crippen LogP contribution in [-0.4, -0.2) is 33.7 Å². The van der Waals surface area contributed by atoms with Crippen LogP contribution >= 0.6 is 0 Å². The Balaban J connectivity index is 2.38. The van der Waals surface area contributed by atoms with Crippen LogP contribution in [0.4, 0.5) is 0 Å². The van der Waals surface area contributed by atoms with Crippen molar-refractivity contribution in [3.63, 3.8) is 0 Å². The lowest BCUT2D eigenvalue weighted by atomic mass is 10.1. The molecule has 0 aromatic carbocycles. The van der Waals surface area contributed by atoms with Crippen LogP contribution in [0.25, 0.3) is 0 Å². The number of nitrogens with zero attached hydrogens (tertiary/aromatic N) is 2. The van der Waals surface area contributed by atoms with Crippen LogP contribution in [-0.2, 0) is 16.0 Å². The van der Waals surface area contributed by atoms with Gasteiger partial charge < -0.3 is 14.4 Å². The molecule has 2 rings (SSSR count). The Hall–Kier alpha value is -1.85. The van der Waals surface area contributed by atoms with Gasteiger partial charge in [-0.1, -0.05) is 0 Å². The highest BCUT2D eigenvalue weighted by atomic mass is 16.5. The summed E-state index contributed by atoms with van der Waals surface area (Å²) in [6.07, 6.45) is 3.57. The summed E-state index contributed by atoms with van der Waals surface area (Å²) in [6, 6.07) is -0.436. The van der Waals surface area contributed by atoms with Crippen molar-refractivity contribution in [2.24, 2.45) is 0 Å². The molecular weight excluding hydrogens is 212 g/mol. The van der Waals surface area contributed by atoms with Gasteiger partial charge >= 0.3 is 11.9 Å². The van der Waals surface area contributed by atoms with Gasteiger partial charge in [0.05, 0.1) is 7.11 Å². The van der Waals surface area contributed by atoms with Gasteiger partial charge in [-0.2, -0.15) is 0 Å². The molecule has 0 fully saturated rings. The zero-order valence-corrected chi connectivity index (χ0v) is 8.84. The van der Waals surface area contributed by atoms with Crippen LogP contribution in [0, 0.1) is 0 Å². The Morgan fingerprint density at radius 2 is 2.38 bits per heavy atom. The van der Waals surface area contributed by atoms with E-state index in [1.807, 2.05) is 0 Å². The number of aromatic carboxylic acids is 1. The van der Waals surface area contributed by atoms with Crippen LogP contribution in [0.1, 0.15) is 35.2 Å². The number of imidazole rings is 1. The van der Waals surface area contributed by atoms with Gasteiger partial charge in [0.1, 0.15) is 11.9 Å². The molecule has 86 valence electrons. The smallest absolute Gasteiger partial charge is 0.356 e. The van der Waals surface area contributed by atoms with Gasteiger partial charge in [-0.15, -0.1) is 0 Å². The normalized spacial score (nSPS) is 18.9. The SMILES string of the molecule is COC(=O)C1CCCc2nc(C(=O)O)cn21. The van der Waals surface area contributed by atoms with Gasteiger partial charge in [0.25, 0.3) is 0 Å². The van der Waals surface area contributed by atoms with E-state index in [-0.39, 0.29) is 11.7 Å². The predicted octanol–water partition coefficient (Wildman–Crippen LogP) is 0.632. The Kier molecular flexibility index (Phi) is 2.64. The van der Waals surface area contributed by atoms with Crippen molar-refractivity contribution in [2.75, 3.05) is 7.11 Å². The average Bonchev–Trinajstić information content (AvgIpc) is 2.71. The number of methoxy groups -OCH3 is 1. The van der Waals surface area contributed by atoms with E-state index in [9.17, 15) is 9.59 Å². The first-order chi connectivity index (χ1) is 7.63. The molecule has 0 saturated carbocycles. The quantitative estimate of drug-likeness (QED) is 0.745. The molecule has 1 N–H and O–H groups in total. The molecule has 0 spiro atoms. The number of aryl methyl sites for hydroxylation is 1. The van der Waals surface area contributed by atoms with Gasteiger partial charge in [-0.05, 0) is 12.8 Å². The van der Waals surface area contributed by atoms with E-state index in [1.54, 1.807) is 4.57 Å². The number of carboxylic acid groups (broad SMARTS) is 1. The van der Waals surface area contributed by atoms with Crippen LogP contribution in [0.5, 0.6) is 0 Å². The zero-order chi connectivity index (χ0) is 11.7. The molecule has 6 nitrogen and oxygen atoms in total. The summed E-state index contributed by atoms with van der Waals surface area (Å²) in [6.45, 7) is 0. The second-order valence-electron chi connectivity index (χ2n) is 3.69. The van der Waals surface area contributed by atoms with Crippen molar-refractivity contribution in [2.45, 2.75) is 25.3 Å². The second-order valence-corrected chi connectivity index (χ2v) is 3.69. The summed E-state index contributed by atoms with van der Waals surface area (Å²) in [7, 11) is 1.33. The topological polar surface area (TPSA) is 81.4 Å².